The first-order valence-corrected chi connectivity index (χ1v) is 7.49. The van der Waals surface area contributed by atoms with Gasteiger partial charge in [-0.1, -0.05) is 30.3 Å². The van der Waals surface area contributed by atoms with Crippen LogP contribution in [0.4, 0.5) is 0 Å². The average molecular weight is 284 g/mol. The molecular weight excluding hydrogens is 264 g/mol. The molecule has 1 aliphatic rings. The second-order valence-electron chi connectivity index (χ2n) is 4.77. The Kier molecular flexibility index (Phi) is 5.66. The zero-order chi connectivity index (χ0) is 13.7. The summed E-state index contributed by atoms with van der Waals surface area (Å²) in [4.78, 5) is 0. The lowest BCUT2D eigenvalue weighted by molar-refractivity contribution is -0.0853. The fourth-order valence-corrected chi connectivity index (χ4v) is 3.30. The van der Waals surface area contributed by atoms with Gasteiger partial charge in [-0.3, -0.25) is 0 Å². The molecule has 3 N–H and O–H groups in total. The second-order valence-corrected chi connectivity index (χ2v) is 6.10. The van der Waals surface area contributed by atoms with Crippen molar-refractivity contribution >= 4 is 11.8 Å². The van der Waals surface area contributed by atoms with E-state index in [1.807, 2.05) is 30.3 Å². The Morgan fingerprint density at radius 3 is 2.63 bits per heavy atom. The Balaban J connectivity index is 1.91. The summed E-state index contributed by atoms with van der Waals surface area (Å²) in [5.74, 6) is 0.580. The number of hydrogen-bond donors (Lipinski definition) is 3. The molecule has 0 bridgehead atoms. The molecule has 106 valence electrons. The number of rotatable bonds is 4. The summed E-state index contributed by atoms with van der Waals surface area (Å²) in [5, 5.41) is 29.0. The molecular formula is C14H20O4S. The lowest BCUT2D eigenvalue weighted by Gasteiger charge is -2.23. The number of ether oxygens (including phenoxy) is 1. The molecule has 0 saturated carbocycles. The summed E-state index contributed by atoms with van der Waals surface area (Å²) in [5.41, 5.74) is 1.04. The van der Waals surface area contributed by atoms with E-state index in [1.54, 1.807) is 0 Å². The second kappa shape index (κ2) is 7.26. The lowest BCUT2D eigenvalue weighted by Crippen LogP contribution is -2.39. The van der Waals surface area contributed by atoms with Crippen LogP contribution in [0.5, 0.6) is 0 Å². The zero-order valence-electron chi connectivity index (χ0n) is 10.7. The van der Waals surface area contributed by atoms with Gasteiger partial charge in [0, 0.05) is 11.0 Å². The monoisotopic (exact) mass is 284 g/mol. The molecule has 0 radical (unpaired) electrons. The molecule has 1 heterocycles. The lowest BCUT2D eigenvalue weighted by atomic mass is 10.0. The van der Waals surface area contributed by atoms with E-state index in [1.165, 1.54) is 11.8 Å². The number of benzene rings is 1. The quantitative estimate of drug-likeness (QED) is 0.762. The summed E-state index contributed by atoms with van der Waals surface area (Å²) < 4.78 is 5.71. The van der Waals surface area contributed by atoms with E-state index in [2.05, 4.69) is 0 Å². The van der Waals surface area contributed by atoms with E-state index in [-0.39, 0.29) is 11.9 Å². The highest BCUT2D eigenvalue weighted by atomic mass is 32.2. The maximum absolute atomic E-state index is 10.0. The maximum atomic E-state index is 10.0. The topological polar surface area (TPSA) is 69.9 Å². The summed E-state index contributed by atoms with van der Waals surface area (Å²) >= 11 is 1.54. The Bertz CT molecular complexity index is 373. The number of thioether (sulfide) groups is 1. The first-order chi connectivity index (χ1) is 9.20. The van der Waals surface area contributed by atoms with Crippen LogP contribution >= 0.6 is 11.8 Å². The van der Waals surface area contributed by atoms with Gasteiger partial charge in [0.2, 0.25) is 0 Å². The van der Waals surface area contributed by atoms with Crippen molar-refractivity contribution in [2.75, 3.05) is 12.4 Å². The highest BCUT2D eigenvalue weighted by Gasteiger charge is 2.33. The van der Waals surface area contributed by atoms with Crippen molar-refractivity contribution < 1.29 is 20.1 Å². The van der Waals surface area contributed by atoms with E-state index in [0.29, 0.717) is 18.8 Å². The average Bonchev–Trinajstić information content (AvgIpc) is 2.58. The minimum absolute atomic E-state index is 0.0137. The van der Waals surface area contributed by atoms with Crippen LogP contribution in [-0.2, 0) is 11.3 Å². The Morgan fingerprint density at radius 1 is 1.21 bits per heavy atom. The summed E-state index contributed by atoms with van der Waals surface area (Å²) in [6, 6.07) is 9.74. The Hall–Kier alpha value is -0.590. The normalized spacial score (nSPS) is 31.9. The van der Waals surface area contributed by atoms with Crippen molar-refractivity contribution in [1.82, 2.24) is 0 Å². The largest absolute Gasteiger partial charge is 0.395 e. The van der Waals surface area contributed by atoms with Crippen molar-refractivity contribution in [1.29, 1.82) is 0 Å². The van der Waals surface area contributed by atoms with E-state index in [0.717, 1.165) is 5.56 Å². The van der Waals surface area contributed by atoms with Gasteiger partial charge in [0.1, 0.15) is 6.10 Å². The van der Waals surface area contributed by atoms with Gasteiger partial charge in [-0.2, -0.15) is 11.8 Å². The molecule has 1 aromatic carbocycles. The predicted octanol–water partition coefficient (Wildman–Crippen LogP) is 0.791. The van der Waals surface area contributed by atoms with E-state index in [9.17, 15) is 10.2 Å². The zero-order valence-corrected chi connectivity index (χ0v) is 11.5. The minimum Gasteiger partial charge on any atom is -0.395 e. The smallest absolute Gasteiger partial charge is 0.107 e. The molecule has 0 unspecified atom stereocenters. The van der Waals surface area contributed by atoms with E-state index < -0.39 is 18.3 Å². The summed E-state index contributed by atoms with van der Waals surface area (Å²) in [7, 11) is 0. The van der Waals surface area contributed by atoms with Crippen molar-refractivity contribution in [2.24, 2.45) is 0 Å². The SMILES string of the molecule is OC[C@@H]1C[C@@H](O)[C@H](O)[C@@H](OCc2ccccc2)CS1. The molecule has 0 spiro atoms. The summed E-state index contributed by atoms with van der Waals surface area (Å²) in [6.45, 7) is 0.430. The first-order valence-electron chi connectivity index (χ1n) is 6.45. The van der Waals surface area contributed by atoms with Gasteiger partial charge in [0.25, 0.3) is 0 Å². The Morgan fingerprint density at radius 2 is 1.95 bits per heavy atom. The predicted molar refractivity (Wildman–Crippen MR) is 75.0 cm³/mol. The molecule has 4 atom stereocenters. The van der Waals surface area contributed by atoms with Crippen molar-refractivity contribution in [2.45, 2.75) is 36.6 Å². The highest BCUT2D eigenvalue weighted by molar-refractivity contribution is 8.00. The van der Waals surface area contributed by atoms with Gasteiger partial charge in [-0.25, -0.2) is 0 Å². The van der Waals surface area contributed by atoms with Crippen LogP contribution in [0.2, 0.25) is 0 Å². The van der Waals surface area contributed by atoms with Crippen LogP contribution in [0, 0.1) is 0 Å². The third-order valence-corrected chi connectivity index (χ3v) is 4.62. The highest BCUT2D eigenvalue weighted by Crippen LogP contribution is 2.27. The molecule has 1 aliphatic heterocycles. The summed E-state index contributed by atoms with van der Waals surface area (Å²) in [6.07, 6.45) is -1.74. The molecule has 4 nitrogen and oxygen atoms in total. The van der Waals surface area contributed by atoms with Gasteiger partial charge in [0.15, 0.2) is 0 Å². The van der Waals surface area contributed by atoms with Crippen LogP contribution in [0.3, 0.4) is 0 Å². The van der Waals surface area contributed by atoms with Gasteiger partial charge in [0.05, 0.1) is 25.4 Å². The van der Waals surface area contributed by atoms with E-state index in [4.69, 9.17) is 9.84 Å². The van der Waals surface area contributed by atoms with E-state index >= 15 is 0 Å². The molecule has 2 rings (SSSR count). The molecule has 1 aromatic rings. The first kappa shape index (κ1) is 14.8. The van der Waals surface area contributed by atoms with Crippen LogP contribution in [0.15, 0.2) is 30.3 Å². The van der Waals surface area contributed by atoms with Crippen LogP contribution in [0.25, 0.3) is 0 Å². The van der Waals surface area contributed by atoms with Crippen molar-refractivity contribution in [3.8, 4) is 0 Å². The molecule has 0 amide bonds. The van der Waals surface area contributed by atoms with Gasteiger partial charge in [-0.05, 0) is 12.0 Å². The van der Waals surface area contributed by atoms with Gasteiger partial charge in [-0.15, -0.1) is 0 Å². The molecule has 19 heavy (non-hydrogen) atoms. The van der Waals surface area contributed by atoms with Crippen LogP contribution in [-0.4, -0.2) is 51.2 Å². The third kappa shape index (κ3) is 4.19. The fraction of sp³-hybridized carbons (Fsp3) is 0.571. The Labute approximate surface area is 117 Å². The molecule has 0 aromatic heterocycles. The maximum Gasteiger partial charge on any atom is 0.107 e. The molecule has 5 heteroatoms. The molecule has 0 aliphatic carbocycles. The minimum atomic E-state index is -0.896. The number of aliphatic hydroxyl groups excluding tert-OH is 3. The third-order valence-electron chi connectivity index (χ3n) is 3.29. The van der Waals surface area contributed by atoms with Crippen LogP contribution in [0.1, 0.15) is 12.0 Å². The van der Waals surface area contributed by atoms with Gasteiger partial charge < -0.3 is 20.1 Å². The van der Waals surface area contributed by atoms with Crippen LogP contribution < -0.4 is 0 Å². The van der Waals surface area contributed by atoms with Crippen molar-refractivity contribution in [3.05, 3.63) is 35.9 Å². The van der Waals surface area contributed by atoms with Gasteiger partial charge >= 0.3 is 0 Å². The van der Waals surface area contributed by atoms with Crippen molar-refractivity contribution in [3.63, 3.8) is 0 Å². The molecule has 1 saturated heterocycles. The fourth-order valence-electron chi connectivity index (χ4n) is 2.11. The standard InChI is InChI=1S/C14H20O4S/c15-7-11-6-12(16)14(17)13(9-19-11)18-8-10-4-2-1-3-5-10/h1-5,11-17H,6-9H2/t11-,12+,13-,14-/m0/s1. The number of hydrogen-bond acceptors (Lipinski definition) is 5. The number of aliphatic hydroxyl groups is 3. The molecule has 1 fully saturated rings.